The van der Waals surface area contributed by atoms with Crippen LogP contribution in [0.5, 0.6) is 0 Å². The molecule has 0 bridgehead atoms. The molecule has 0 saturated carbocycles. The second-order valence-corrected chi connectivity index (χ2v) is 4.69. The highest BCUT2D eigenvalue weighted by Crippen LogP contribution is 2.27. The van der Waals surface area contributed by atoms with Crippen LogP contribution in [0.2, 0.25) is 0 Å². The predicted octanol–water partition coefficient (Wildman–Crippen LogP) is 1.85. The maximum atomic E-state index is 13.3. The molecule has 0 fully saturated rings. The highest BCUT2D eigenvalue weighted by Gasteiger charge is 2.09. The lowest BCUT2D eigenvalue weighted by Crippen LogP contribution is -2.26. The average molecular weight is 312 g/mol. The first-order valence-corrected chi connectivity index (χ1v) is 6.61. The van der Waals surface area contributed by atoms with Gasteiger partial charge in [-0.25, -0.2) is 14.4 Å². The molecule has 23 heavy (non-hydrogen) atoms. The van der Waals surface area contributed by atoms with E-state index in [1.54, 1.807) is 30.3 Å². The zero-order chi connectivity index (χ0) is 16.4. The molecule has 6 N–H and O–H groups in total. The third-order valence-corrected chi connectivity index (χ3v) is 2.93. The number of fused-ring (bicyclic) bond motifs is 1. The van der Waals surface area contributed by atoms with Crippen LogP contribution in [-0.2, 0) is 0 Å². The molecule has 116 valence electrons. The summed E-state index contributed by atoms with van der Waals surface area (Å²) in [7, 11) is 0. The minimum absolute atomic E-state index is 0.0711. The third-order valence-electron chi connectivity index (χ3n) is 2.93. The van der Waals surface area contributed by atoms with Gasteiger partial charge in [0.1, 0.15) is 11.3 Å². The van der Waals surface area contributed by atoms with Crippen LogP contribution in [0, 0.1) is 5.82 Å². The van der Waals surface area contributed by atoms with Gasteiger partial charge in [0, 0.05) is 5.56 Å². The largest absolute Gasteiger partial charge is 0.436 e. The van der Waals surface area contributed by atoms with Gasteiger partial charge in [-0.1, -0.05) is 6.07 Å². The number of benzene rings is 2. The van der Waals surface area contributed by atoms with Crippen LogP contribution in [0.4, 0.5) is 10.1 Å². The number of halogens is 1. The topological polar surface area (TPSA) is 129 Å². The summed E-state index contributed by atoms with van der Waals surface area (Å²) < 4.78 is 18.9. The van der Waals surface area contributed by atoms with Crippen molar-refractivity contribution in [2.24, 2.45) is 27.2 Å². The van der Waals surface area contributed by atoms with E-state index in [2.05, 4.69) is 15.0 Å². The summed E-state index contributed by atoms with van der Waals surface area (Å²) >= 11 is 0. The van der Waals surface area contributed by atoms with Gasteiger partial charge < -0.3 is 21.6 Å². The molecule has 3 rings (SSSR count). The van der Waals surface area contributed by atoms with Gasteiger partial charge in [0.05, 0.1) is 5.69 Å². The summed E-state index contributed by atoms with van der Waals surface area (Å²) in [4.78, 5) is 12.0. The Bertz CT molecular complexity index is 927. The number of nitrogens with zero attached hydrogens (tertiary/aromatic N) is 3. The van der Waals surface area contributed by atoms with Crippen LogP contribution in [-0.4, -0.2) is 16.9 Å². The van der Waals surface area contributed by atoms with Crippen molar-refractivity contribution in [3.8, 4) is 11.5 Å². The number of aromatic nitrogens is 1. The van der Waals surface area contributed by atoms with Gasteiger partial charge in [0.25, 0.3) is 0 Å². The van der Waals surface area contributed by atoms with Crippen molar-refractivity contribution >= 4 is 28.7 Å². The first-order valence-electron chi connectivity index (χ1n) is 6.61. The Morgan fingerprint density at radius 1 is 1.09 bits per heavy atom. The maximum absolute atomic E-state index is 13.3. The smallest absolute Gasteiger partial charge is 0.227 e. The minimum atomic E-state index is -0.361. The van der Waals surface area contributed by atoms with E-state index >= 15 is 0 Å². The molecule has 7 nitrogen and oxygen atoms in total. The maximum Gasteiger partial charge on any atom is 0.227 e. The van der Waals surface area contributed by atoms with E-state index in [1.165, 1.54) is 12.1 Å². The summed E-state index contributed by atoms with van der Waals surface area (Å²) in [5.74, 6) is -0.293. The average Bonchev–Trinajstić information content (AvgIpc) is 2.89. The molecule has 1 aromatic heterocycles. The number of hydrogen-bond acceptors (Lipinski definition) is 3. The second kappa shape index (κ2) is 5.76. The molecule has 0 atom stereocenters. The summed E-state index contributed by atoms with van der Waals surface area (Å²) in [5, 5.41) is 0. The van der Waals surface area contributed by atoms with Gasteiger partial charge in [-0.15, -0.1) is 0 Å². The van der Waals surface area contributed by atoms with Gasteiger partial charge in [0.2, 0.25) is 11.9 Å². The molecule has 0 amide bonds. The lowest BCUT2D eigenvalue weighted by atomic mass is 10.2. The molecular weight excluding hydrogens is 299 g/mol. The fourth-order valence-electron chi connectivity index (χ4n) is 2.02. The van der Waals surface area contributed by atoms with Crippen molar-refractivity contribution < 1.29 is 8.81 Å². The van der Waals surface area contributed by atoms with Gasteiger partial charge in [-0.2, -0.15) is 4.99 Å². The summed E-state index contributed by atoms with van der Waals surface area (Å²) in [6, 6.07) is 11.0. The number of nitrogens with two attached hydrogens (primary N) is 3. The molecule has 0 radical (unpaired) electrons. The Labute approximate surface area is 130 Å². The SMILES string of the molecule is NC(N)=NC(N)=Nc1ccc2oc(-c3cccc(F)c3)nc2c1. The number of hydrogen-bond donors (Lipinski definition) is 3. The van der Waals surface area contributed by atoms with Crippen LogP contribution in [0.15, 0.2) is 56.9 Å². The first-order chi connectivity index (χ1) is 11.0. The fraction of sp³-hybridized carbons (Fsp3) is 0. The monoisotopic (exact) mass is 312 g/mol. The van der Waals surface area contributed by atoms with E-state index in [0.717, 1.165) is 0 Å². The van der Waals surface area contributed by atoms with Crippen molar-refractivity contribution in [1.82, 2.24) is 4.98 Å². The molecule has 3 aromatic rings. The van der Waals surface area contributed by atoms with E-state index in [-0.39, 0.29) is 17.7 Å². The van der Waals surface area contributed by atoms with E-state index in [1.807, 2.05) is 0 Å². The van der Waals surface area contributed by atoms with Crippen LogP contribution >= 0.6 is 0 Å². The summed E-state index contributed by atoms with van der Waals surface area (Å²) in [6.07, 6.45) is 0. The van der Waals surface area contributed by atoms with Crippen molar-refractivity contribution in [3.05, 3.63) is 48.3 Å². The molecule has 1 heterocycles. The summed E-state index contributed by atoms with van der Waals surface area (Å²) in [5.41, 5.74) is 18.2. The highest BCUT2D eigenvalue weighted by molar-refractivity contribution is 5.94. The predicted molar refractivity (Wildman–Crippen MR) is 86.5 cm³/mol. The van der Waals surface area contributed by atoms with E-state index in [4.69, 9.17) is 21.6 Å². The van der Waals surface area contributed by atoms with E-state index in [9.17, 15) is 4.39 Å². The Hall–Kier alpha value is -3.42. The molecule has 0 aliphatic heterocycles. The van der Waals surface area contributed by atoms with E-state index in [0.29, 0.717) is 28.2 Å². The van der Waals surface area contributed by atoms with E-state index < -0.39 is 0 Å². The minimum Gasteiger partial charge on any atom is -0.436 e. The standard InChI is InChI=1S/C15H13FN6O/c16-9-3-1-2-8(6-9)13-21-11-7-10(4-5-12(11)23-13)20-15(19)22-14(17)18/h1-7H,(H6,17,18,19,20,22). The molecule has 8 heteroatoms. The van der Waals surface area contributed by atoms with Crippen molar-refractivity contribution in [1.29, 1.82) is 0 Å². The highest BCUT2D eigenvalue weighted by atomic mass is 19.1. The quantitative estimate of drug-likeness (QED) is 0.491. The Morgan fingerprint density at radius 3 is 2.65 bits per heavy atom. The molecule has 0 spiro atoms. The van der Waals surface area contributed by atoms with Crippen molar-refractivity contribution in [2.45, 2.75) is 0 Å². The number of guanidine groups is 2. The van der Waals surface area contributed by atoms with Crippen LogP contribution in [0.3, 0.4) is 0 Å². The van der Waals surface area contributed by atoms with Crippen LogP contribution in [0.25, 0.3) is 22.6 Å². The van der Waals surface area contributed by atoms with Crippen molar-refractivity contribution in [3.63, 3.8) is 0 Å². The second-order valence-electron chi connectivity index (χ2n) is 4.69. The van der Waals surface area contributed by atoms with Crippen LogP contribution in [0.1, 0.15) is 0 Å². The Balaban J connectivity index is 2.00. The summed E-state index contributed by atoms with van der Waals surface area (Å²) in [6.45, 7) is 0. The van der Waals surface area contributed by atoms with Crippen LogP contribution < -0.4 is 17.2 Å². The molecule has 0 aliphatic rings. The molecule has 0 unspecified atom stereocenters. The molecule has 0 saturated heterocycles. The first kappa shape index (κ1) is 14.5. The van der Waals surface area contributed by atoms with Gasteiger partial charge in [-0.3, -0.25) is 0 Å². The fourth-order valence-corrected chi connectivity index (χ4v) is 2.02. The molecular formula is C15H13FN6O. The lowest BCUT2D eigenvalue weighted by Gasteiger charge is -1.95. The van der Waals surface area contributed by atoms with Gasteiger partial charge in [-0.05, 0) is 36.4 Å². The number of aliphatic imine (C=N–C) groups is 2. The Morgan fingerprint density at radius 2 is 1.91 bits per heavy atom. The molecule has 2 aromatic carbocycles. The lowest BCUT2D eigenvalue weighted by molar-refractivity contribution is 0.611. The molecule has 0 aliphatic carbocycles. The zero-order valence-electron chi connectivity index (χ0n) is 11.9. The van der Waals surface area contributed by atoms with Crippen molar-refractivity contribution in [2.75, 3.05) is 0 Å². The van der Waals surface area contributed by atoms with Gasteiger partial charge in [0.15, 0.2) is 11.5 Å². The zero-order valence-corrected chi connectivity index (χ0v) is 11.9. The Kier molecular flexibility index (Phi) is 3.63. The third kappa shape index (κ3) is 3.26. The normalized spacial score (nSPS) is 11.6. The van der Waals surface area contributed by atoms with Gasteiger partial charge >= 0.3 is 0 Å². The number of rotatable bonds is 2. The number of oxazole rings is 1.